The van der Waals surface area contributed by atoms with Crippen LogP contribution in [0.2, 0.25) is 0 Å². The zero-order chi connectivity index (χ0) is 24.8. The molecule has 0 bridgehead atoms. The first kappa shape index (κ1) is 23.9. The Balaban J connectivity index is 1.91. The summed E-state index contributed by atoms with van der Waals surface area (Å²) in [4.78, 5) is 13.4. The monoisotopic (exact) mass is 464 g/mol. The average molecular weight is 465 g/mol. The van der Waals surface area contributed by atoms with Crippen molar-refractivity contribution in [3.8, 4) is 17.2 Å². The molecular formula is C28H32O6. The minimum absolute atomic E-state index is 0.0552. The first-order valence-electron chi connectivity index (χ1n) is 11.6. The average Bonchev–Trinajstić information content (AvgIpc) is 3.20. The summed E-state index contributed by atoms with van der Waals surface area (Å²) in [5.74, 6) is 0.228. The second-order valence-electron chi connectivity index (χ2n) is 9.92. The van der Waals surface area contributed by atoms with Gasteiger partial charge in [0.1, 0.15) is 39.9 Å². The highest BCUT2D eigenvalue weighted by Gasteiger charge is 2.41. The van der Waals surface area contributed by atoms with E-state index in [2.05, 4.69) is 6.08 Å². The third-order valence-corrected chi connectivity index (χ3v) is 6.48. The van der Waals surface area contributed by atoms with E-state index in [0.717, 1.165) is 5.57 Å². The molecule has 2 unspecified atom stereocenters. The number of ether oxygens (including phenoxy) is 1. The molecule has 0 fully saturated rings. The summed E-state index contributed by atoms with van der Waals surface area (Å²) in [5.41, 5.74) is 2.46. The van der Waals surface area contributed by atoms with E-state index in [0.29, 0.717) is 48.1 Å². The van der Waals surface area contributed by atoms with Crippen molar-refractivity contribution in [2.24, 2.45) is 0 Å². The van der Waals surface area contributed by atoms with E-state index in [4.69, 9.17) is 9.15 Å². The number of aromatic hydroxyl groups is 2. The van der Waals surface area contributed by atoms with Gasteiger partial charge in [0, 0.05) is 17.5 Å². The molecule has 2 atom stereocenters. The second kappa shape index (κ2) is 8.84. The first-order chi connectivity index (χ1) is 16.0. The lowest BCUT2D eigenvalue weighted by Gasteiger charge is -2.29. The number of benzene rings is 2. The minimum Gasteiger partial charge on any atom is -0.508 e. The van der Waals surface area contributed by atoms with Crippen LogP contribution < -0.4 is 10.2 Å². The van der Waals surface area contributed by atoms with Crippen molar-refractivity contribution < 1.29 is 24.5 Å². The van der Waals surface area contributed by atoms with E-state index < -0.39 is 17.1 Å². The van der Waals surface area contributed by atoms with Gasteiger partial charge in [-0.05, 0) is 72.1 Å². The maximum Gasteiger partial charge on any atom is 0.204 e. The molecule has 1 aliphatic rings. The summed E-state index contributed by atoms with van der Waals surface area (Å²) >= 11 is 0. The van der Waals surface area contributed by atoms with Gasteiger partial charge >= 0.3 is 0 Å². The molecule has 1 aromatic heterocycles. The van der Waals surface area contributed by atoms with Crippen LogP contribution in [0.4, 0.5) is 0 Å². The van der Waals surface area contributed by atoms with Crippen molar-refractivity contribution >= 4 is 21.9 Å². The topological polar surface area (TPSA) is 100 Å². The quantitative estimate of drug-likeness (QED) is 0.321. The summed E-state index contributed by atoms with van der Waals surface area (Å²) in [5, 5.41) is 32.6. The van der Waals surface area contributed by atoms with Gasteiger partial charge in [-0.25, -0.2) is 0 Å². The van der Waals surface area contributed by atoms with E-state index in [1.807, 2.05) is 33.8 Å². The molecule has 180 valence electrons. The number of rotatable bonds is 6. The van der Waals surface area contributed by atoms with Crippen LogP contribution in [0.5, 0.6) is 17.2 Å². The highest BCUT2D eigenvalue weighted by Crippen LogP contribution is 2.47. The molecule has 0 radical (unpaired) electrons. The summed E-state index contributed by atoms with van der Waals surface area (Å²) in [7, 11) is 0. The molecule has 2 aromatic carbocycles. The molecule has 6 heteroatoms. The van der Waals surface area contributed by atoms with Crippen LogP contribution >= 0.6 is 0 Å². The van der Waals surface area contributed by atoms with Crippen molar-refractivity contribution in [2.75, 3.05) is 0 Å². The van der Waals surface area contributed by atoms with Crippen molar-refractivity contribution in [3.05, 3.63) is 62.8 Å². The van der Waals surface area contributed by atoms with Gasteiger partial charge in [-0.2, -0.15) is 0 Å². The molecular weight excluding hydrogens is 432 g/mol. The molecule has 0 saturated heterocycles. The van der Waals surface area contributed by atoms with E-state index in [1.165, 1.54) is 23.8 Å². The number of phenols is 2. The fourth-order valence-electron chi connectivity index (χ4n) is 4.51. The summed E-state index contributed by atoms with van der Waals surface area (Å²) < 4.78 is 12.4. The summed E-state index contributed by atoms with van der Waals surface area (Å²) in [6.07, 6.45) is 5.43. The number of aliphatic hydroxyl groups is 1. The summed E-state index contributed by atoms with van der Waals surface area (Å²) in [6, 6.07) is 4.33. The van der Waals surface area contributed by atoms with Crippen LogP contribution in [0.1, 0.15) is 58.6 Å². The van der Waals surface area contributed by atoms with Crippen LogP contribution in [-0.4, -0.2) is 27.0 Å². The van der Waals surface area contributed by atoms with Crippen LogP contribution in [0.15, 0.2) is 50.7 Å². The number of hydrogen-bond acceptors (Lipinski definition) is 6. The predicted octanol–water partition coefficient (Wildman–Crippen LogP) is 5.67. The van der Waals surface area contributed by atoms with Crippen LogP contribution in [0, 0.1) is 0 Å². The zero-order valence-electron chi connectivity index (χ0n) is 20.4. The smallest absolute Gasteiger partial charge is 0.204 e. The Morgan fingerprint density at radius 2 is 1.85 bits per heavy atom. The van der Waals surface area contributed by atoms with Crippen molar-refractivity contribution in [3.63, 3.8) is 0 Å². The third-order valence-electron chi connectivity index (χ3n) is 6.48. The molecule has 3 aromatic rings. The normalized spacial score (nSPS) is 16.7. The fourth-order valence-corrected chi connectivity index (χ4v) is 4.51. The van der Waals surface area contributed by atoms with Crippen LogP contribution in [0.25, 0.3) is 21.9 Å². The molecule has 6 nitrogen and oxygen atoms in total. The van der Waals surface area contributed by atoms with Gasteiger partial charge in [0.2, 0.25) is 5.43 Å². The Bertz CT molecular complexity index is 1380. The lowest BCUT2D eigenvalue weighted by Crippen LogP contribution is -2.42. The van der Waals surface area contributed by atoms with Gasteiger partial charge < -0.3 is 24.5 Å². The Kier molecular flexibility index (Phi) is 6.21. The number of allylic oxidation sites excluding steroid dienone is 4. The molecule has 4 rings (SSSR count). The molecule has 1 aliphatic heterocycles. The minimum atomic E-state index is -1.12. The Morgan fingerprint density at radius 1 is 1.15 bits per heavy atom. The molecule has 3 N–H and O–H groups in total. The summed E-state index contributed by atoms with van der Waals surface area (Å²) in [6.45, 7) is 9.72. The molecule has 2 heterocycles. The van der Waals surface area contributed by atoms with Crippen LogP contribution in [0.3, 0.4) is 0 Å². The van der Waals surface area contributed by atoms with Gasteiger partial charge in [0.25, 0.3) is 0 Å². The van der Waals surface area contributed by atoms with E-state index >= 15 is 0 Å². The second-order valence-corrected chi connectivity index (χ2v) is 9.92. The third kappa shape index (κ3) is 4.30. The van der Waals surface area contributed by atoms with E-state index in [1.54, 1.807) is 6.92 Å². The fraction of sp³-hybridized carbons (Fsp3) is 0.393. The van der Waals surface area contributed by atoms with Gasteiger partial charge in [-0.15, -0.1) is 0 Å². The number of fused-ring (bicyclic) bond motifs is 4. The maximum absolute atomic E-state index is 13.4. The van der Waals surface area contributed by atoms with Gasteiger partial charge in [-0.3, -0.25) is 4.79 Å². The van der Waals surface area contributed by atoms with E-state index in [-0.39, 0.29) is 27.9 Å². The molecule has 0 spiro atoms. The first-order valence-corrected chi connectivity index (χ1v) is 11.6. The Labute approximate surface area is 198 Å². The van der Waals surface area contributed by atoms with E-state index in [9.17, 15) is 20.1 Å². The Morgan fingerprint density at radius 3 is 2.53 bits per heavy atom. The highest BCUT2D eigenvalue weighted by atomic mass is 16.5. The predicted molar refractivity (Wildman–Crippen MR) is 134 cm³/mol. The lowest BCUT2D eigenvalue weighted by molar-refractivity contribution is -0.0435. The highest BCUT2D eigenvalue weighted by molar-refractivity contribution is 5.97. The van der Waals surface area contributed by atoms with Crippen molar-refractivity contribution in [2.45, 2.75) is 72.0 Å². The van der Waals surface area contributed by atoms with Crippen LogP contribution in [-0.2, 0) is 12.8 Å². The zero-order valence-corrected chi connectivity index (χ0v) is 20.4. The SMILES string of the molecule is CC(C)=CCCC(C)(O)C1Cc2c(c(CC=C(C)C)c(O)c3c(=O)c4cc(O)ccc4oc23)O1. The molecule has 0 aliphatic carbocycles. The van der Waals surface area contributed by atoms with Crippen molar-refractivity contribution in [1.29, 1.82) is 0 Å². The lowest BCUT2D eigenvalue weighted by atomic mass is 9.89. The maximum atomic E-state index is 13.4. The molecule has 0 saturated carbocycles. The Hall–Kier alpha value is -3.25. The standard InChI is InChI=1S/C28H32O6/c1-15(2)7-6-12-28(5,32)22-14-20-26(34-22)18(10-8-16(3)4)24(30)23-25(31)19-13-17(29)9-11-21(19)33-27(20)23/h7-9,11,13,22,29-30,32H,6,10,12,14H2,1-5H3. The molecule has 0 amide bonds. The molecule has 34 heavy (non-hydrogen) atoms. The van der Waals surface area contributed by atoms with Crippen molar-refractivity contribution in [1.82, 2.24) is 0 Å². The van der Waals surface area contributed by atoms with Gasteiger partial charge in [0.15, 0.2) is 0 Å². The largest absolute Gasteiger partial charge is 0.508 e. The number of phenolic OH excluding ortho intramolecular Hbond substituents is 2. The van der Waals surface area contributed by atoms with Gasteiger partial charge in [0.05, 0.1) is 11.0 Å². The number of hydrogen-bond donors (Lipinski definition) is 3. The van der Waals surface area contributed by atoms with Gasteiger partial charge in [-0.1, -0.05) is 23.3 Å².